The first kappa shape index (κ1) is 14.6. The van der Waals surface area contributed by atoms with Crippen molar-refractivity contribution in [3.8, 4) is 5.88 Å². The van der Waals surface area contributed by atoms with Gasteiger partial charge in [-0.3, -0.25) is 0 Å². The molecule has 0 spiro atoms. The standard InChI is InChI=1S/C14H21N3O3/c1-3-17(9-11-6-7-20-10-11)14(18)16-12-4-5-13(19-2)15-8-12/h4-5,8,11H,3,6-7,9-10H2,1-2H3,(H,16,18)/t11-/m0/s1. The molecule has 1 saturated heterocycles. The molecule has 1 aromatic heterocycles. The minimum Gasteiger partial charge on any atom is -0.481 e. The van der Waals surface area contributed by atoms with E-state index in [1.807, 2.05) is 6.92 Å². The Morgan fingerprint density at radius 2 is 2.45 bits per heavy atom. The number of aromatic nitrogens is 1. The van der Waals surface area contributed by atoms with Crippen molar-refractivity contribution in [3.63, 3.8) is 0 Å². The molecule has 2 amide bonds. The zero-order valence-electron chi connectivity index (χ0n) is 12.0. The van der Waals surface area contributed by atoms with Crippen molar-refractivity contribution in [3.05, 3.63) is 18.3 Å². The lowest BCUT2D eigenvalue weighted by atomic mass is 10.1. The number of ether oxygens (including phenoxy) is 2. The molecular weight excluding hydrogens is 258 g/mol. The normalized spacial score (nSPS) is 17.8. The van der Waals surface area contributed by atoms with Gasteiger partial charge in [-0.2, -0.15) is 0 Å². The fraction of sp³-hybridized carbons (Fsp3) is 0.571. The van der Waals surface area contributed by atoms with E-state index in [9.17, 15) is 4.79 Å². The highest BCUT2D eigenvalue weighted by molar-refractivity contribution is 5.89. The summed E-state index contributed by atoms with van der Waals surface area (Å²) in [6, 6.07) is 3.39. The summed E-state index contributed by atoms with van der Waals surface area (Å²) in [5.74, 6) is 0.966. The van der Waals surface area contributed by atoms with Crippen LogP contribution in [0, 0.1) is 5.92 Å². The van der Waals surface area contributed by atoms with Gasteiger partial charge in [0.25, 0.3) is 0 Å². The van der Waals surface area contributed by atoms with E-state index in [1.165, 1.54) is 0 Å². The minimum atomic E-state index is -0.105. The molecule has 2 heterocycles. The second kappa shape index (κ2) is 7.09. The van der Waals surface area contributed by atoms with Gasteiger partial charge in [0.05, 0.1) is 25.6 Å². The minimum absolute atomic E-state index is 0.105. The summed E-state index contributed by atoms with van der Waals surface area (Å²) in [4.78, 5) is 18.1. The summed E-state index contributed by atoms with van der Waals surface area (Å²) >= 11 is 0. The van der Waals surface area contributed by atoms with Crippen LogP contribution in [0.25, 0.3) is 0 Å². The van der Waals surface area contributed by atoms with Gasteiger partial charge in [0, 0.05) is 31.7 Å². The smallest absolute Gasteiger partial charge is 0.321 e. The molecule has 1 fully saturated rings. The quantitative estimate of drug-likeness (QED) is 0.895. The van der Waals surface area contributed by atoms with E-state index >= 15 is 0 Å². The Morgan fingerprint density at radius 1 is 1.60 bits per heavy atom. The van der Waals surface area contributed by atoms with E-state index in [1.54, 1.807) is 30.3 Å². The van der Waals surface area contributed by atoms with Gasteiger partial charge < -0.3 is 19.7 Å². The number of nitrogens with zero attached hydrogens (tertiary/aromatic N) is 2. The molecule has 0 unspecified atom stereocenters. The molecular formula is C14H21N3O3. The molecule has 6 heteroatoms. The maximum absolute atomic E-state index is 12.2. The first-order chi connectivity index (χ1) is 9.72. The van der Waals surface area contributed by atoms with Crippen molar-refractivity contribution in [2.75, 3.05) is 38.7 Å². The lowest BCUT2D eigenvalue weighted by Gasteiger charge is -2.24. The van der Waals surface area contributed by atoms with Gasteiger partial charge in [0.2, 0.25) is 5.88 Å². The van der Waals surface area contributed by atoms with E-state index in [-0.39, 0.29) is 6.03 Å². The average Bonchev–Trinajstić information content (AvgIpc) is 2.98. The van der Waals surface area contributed by atoms with Crippen LogP contribution in [0.3, 0.4) is 0 Å². The molecule has 0 saturated carbocycles. The second-order valence-corrected chi connectivity index (χ2v) is 4.79. The first-order valence-corrected chi connectivity index (χ1v) is 6.86. The topological polar surface area (TPSA) is 63.7 Å². The summed E-state index contributed by atoms with van der Waals surface area (Å²) in [7, 11) is 1.56. The third-order valence-electron chi connectivity index (χ3n) is 3.37. The van der Waals surface area contributed by atoms with Crippen molar-refractivity contribution in [2.24, 2.45) is 5.92 Å². The number of rotatable bonds is 5. The fourth-order valence-corrected chi connectivity index (χ4v) is 2.17. The number of amides is 2. The number of methoxy groups -OCH3 is 1. The lowest BCUT2D eigenvalue weighted by molar-refractivity contribution is 0.171. The monoisotopic (exact) mass is 279 g/mol. The number of pyridine rings is 1. The Hall–Kier alpha value is -1.82. The molecule has 0 aliphatic carbocycles. The number of carbonyl (C=O) groups is 1. The highest BCUT2D eigenvalue weighted by Gasteiger charge is 2.21. The van der Waals surface area contributed by atoms with Crippen LogP contribution in [0.4, 0.5) is 10.5 Å². The summed E-state index contributed by atoms with van der Waals surface area (Å²) in [5.41, 5.74) is 0.664. The van der Waals surface area contributed by atoms with Gasteiger partial charge in [-0.25, -0.2) is 9.78 Å². The molecule has 6 nitrogen and oxygen atoms in total. The van der Waals surface area contributed by atoms with E-state index in [2.05, 4.69) is 10.3 Å². The average molecular weight is 279 g/mol. The lowest BCUT2D eigenvalue weighted by Crippen LogP contribution is -2.38. The number of anilines is 1. The predicted octanol–water partition coefficient (Wildman–Crippen LogP) is 1.98. The molecule has 2 rings (SSSR count). The number of nitrogens with one attached hydrogen (secondary N) is 1. The van der Waals surface area contributed by atoms with Gasteiger partial charge >= 0.3 is 6.03 Å². The van der Waals surface area contributed by atoms with Gasteiger partial charge in [0.1, 0.15) is 0 Å². The van der Waals surface area contributed by atoms with E-state index in [0.29, 0.717) is 24.0 Å². The Bertz CT molecular complexity index is 430. The van der Waals surface area contributed by atoms with Crippen LogP contribution in [-0.2, 0) is 4.74 Å². The molecule has 1 aliphatic rings. The molecule has 0 bridgehead atoms. The summed E-state index contributed by atoms with van der Waals surface area (Å²) < 4.78 is 10.3. The first-order valence-electron chi connectivity index (χ1n) is 6.86. The van der Waals surface area contributed by atoms with E-state index in [4.69, 9.17) is 9.47 Å². The predicted molar refractivity (Wildman–Crippen MR) is 76.0 cm³/mol. The summed E-state index contributed by atoms with van der Waals surface area (Å²) in [6.07, 6.45) is 2.61. The third-order valence-corrected chi connectivity index (χ3v) is 3.37. The van der Waals surface area contributed by atoms with Crippen molar-refractivity contribution < 1.29 is 14.3 Å². The molecule has 1 aliphatic heterocycles. The Labute approximate surface area is 119 Å². The Morgan fingerprint density at radius 3 is 3.00 bits per heavy atom. The van der Waals surface area contributed by atoms with Crippen molar-refractivity contribution in [1.82, 2.24) is 9.88 Å². The van der Waals surface area contributed by atoms with Crippen LogP contribution >= 0.6 is 0 Å². The largest absolute Gasteiger partial charge is 0.481 e. The van der Waals surface area contributed by atoms with Gasteiger partial charge in [-0.05, 0) is 19.4 Å². The highest BCUT2D eigenvalue weighted by Crippen LogP contribution is 2.15. The second-order valence-electron chi connectivity index (χ2n) is 4.79. The summed E-state index contributed by atoms with van der Waals surface area (Å²) in [5, 5.41) is 2.85. The molecule has 0 radical (unpaired) electrons. The van der Waals surface area contributed by atoms with Crippen LogP contribution in [0.5, 0.6) is 5.88 Å². The maximum Gasteiger partial charge on any atom is 0.321 e. The van der Waals surface area contributed by atoms with Crippen LogP contribution in [0.15, 0.2) is 18.3 Å². The molecule has 1 N–H and O–H groups in total. The molecule has 0 aromatic carbocycles. The van der Waals surface area contributed by atoms with Gasteiger partial charge in [0.15, 0.2) is 0 Å². The maximum atomic E-state index is 12.2. The number of hydrogen-bond donors (Lipinski definition) is 1. The zero-order chi connectivity index (χ0) is 14.4. The SMILES string of the molecule is CCN(C[C@@H]1CCOC1)C(=O)Nc1ccc(OC)nc1. The molecule has 1 aromatic rings. The van der Waals surface area contributed by atoms with E-state index < -0.39 is 0 Å². The van der Waals surface area contributed by atoms with Crippen molar-refractivity contribution in [1.29, 1.82) is 0 Å². The number of carbonyl (C=O) groups excluding carboxylic acids is 1. The van der Waals surface area contributed by atoms with Crippen molar-refractivity contribution in [2.45, 2.75) is 13.3 Å². The third kappa shape index (κ3) is 3.84. The Kier molecular flexibility index (Phi) is 5.17. The fourth-order valence-electron chi connectivity index (χ4n) is 2.17. The number of hydrogen-bond acceptors (Lipinski definition) is 4. The molecule has 20 heavy (non-hydrogen) atoms. The van der Waals surface area contributed by atoms with Crippen LogP contribution < -0.4 is 10.1 Å². The molecule has 1 atom stereocenters. The van der Waals surface area contributed by atoms with Crippen LogP contribution in [0.2, 0.25) is 0 Å². The van der Waals surface area contributed by atoms with Crippen LogP contribution in [0.1, 0.15) is 13.3 Å². The number of urea groups is 1. The highest BCUT2D eigenvalue weighted by atomic mass is 16.5. The molecule has 110 valence electrons. The zero-order valence-corrected chi connectivity index (χ0v) is 12.0. The van der Waals surface area contributed by atoms with Crippen LogP contribution in [-0.4, -0.2) is 49.3 Å². The van der Waals surface area contributed by atoms with Gasteiger partial charge in [-0.1, -0.05) is 0 Å². The Balaban J connectivity index is 1.90. The van der Waals surface area contributed by atoms with E-state index in [0.717, 1.165) is 26.2 Å². The van der Waals surface area contributed by atoms with Crippen molar-refractivity contribution >= 4 is 11.7 Å². The van der Waals surface area contributed by atoms with Gasteiger partial charge in [-0.15, -0.1) is 0 Å². The summed E-state index contributed by atoms with van der Waals surface area (Å²) in [6.45, 7) is 4.92.